The third kappa shape index (κ3) is 4.67. The number of rotatable bonds is 5. The van der Waals surface area contributed by atoms with Gasteiger partial charge in [0.25, 0.3) is 0 Å². The lowest BCUT2D eigenvalue weighted by Crippen LogP contribution is -2.33. The Balaban J connectivity index is 2.65. The molecule has 19 heavy (non-hydrogen) atoms. The largest absolute Gasteiger partial charge is 0.352 e. The highest BCUT2D eigenvalue weighted by Crippen LogP contribution is 2.19. The number of amides is 1. The predicted molar refractivity (Wildman–Crippen MR) is 80.0 cm³/mol. The molecular formula is C16H26N2O. The van der Waals surface area contributed by atoms with Crippen LogP contribution in [0.5, 0.6) is 0 Å². The molecule has 0 bridgehead atoms. The molecule has 0 saturated heterocycles. The van der Waals surface area contributed by atoms with E-state index in [0.29, 0.717) is 19.5 Å². The summed E-state index contributed by atoms with van der Waals surface area (Å²) in [6.45, 7) is 11.4. The van der Waals surface area contributed by atoms with Crippen molar-refractivity contribution in [3.63, 3.8) is 0 Å². The minimum atomic E-state index is -0.137. The molecule has 0 fully saturated rings. The van der Waals surface area contributed by atoms with E-state index in [-0.39, 0.29) is 11.3 Å². The van der Waals surface area contributed by atoms with Crippen molar-refractivity contribution in [2.75, 3.05) is 6.54 Å². The molecule has 0 unspecified atom stereocenters. The van der Waals surface area contributed by atoms with Gasteiger partial charge in [0.2, 0.25) is 5.91 Å². The predicted octanol–water partition coefficient (Wildman–Crippen LogP) is 2.60. The number of aryl methyl sites for hydroxylation is 3. The van der Waals surface area contributed by atoms with Crippen LogP contribution in [0.2, 0.25) is 0 Å². The molecule has 1 aromatic rings. The first-order valence-electron chi connectivity index (χ1n) is 6.78. The summed E-state index contributed by atoms with van der Waals surface area (Å²) in [6.07, 6.45) is 0.466. The highest BCUT2D eigenvalue weighted by molar-refractivity contribution is 5.76. The average Bonchev–Trinajstić information content (AvgIpc) is 2.26. The number of carbonyl (C=O) groups is 1. The number of hydrogen-bond acceptors (Lipinski definition) is 2. The van der Waals surface area contributed by atoms with Crippen LogP contribution in [-0.2, 0) is 11.3 Å². The molecule has 1 aromatic carbocycles. The van der Waals surface area contributed by atoms with Crippen LogP contribution in [0, 0.1) is 26.2 Å². The summed E-state index contributed by atoms with van der Waals surface area (Å²) in [4.78, 5) is 11.9. The Morgan fingerprint density at radius 3 is 2.21 bits per heavy atom. The maximum absolute atomic E-state index is 11.9. The summed E-state index contributed by atoms with van der Waals surface area (Å²) in [5.41, 5.74) is 10.4. The topological polar surface area (TPSA) is 55.1 Å². The van der Waals surface area contributed by atoms with Gasteiger partial charge >= 0.3 is 0 Å². The van der Waals surface area contributed by atoms with Crippen molar-refractivity contribution in [3.05, 3.63) is 34.4 Å². The minimum absolute atomic E-state index is 0.0647. The van der Waals surface area contributed by atoms with E-state index in [4.69, 9.17) is 5.73 Å². The van der Waals surface area contributed by atoms with E-state index in [1.54, 1.807) is 0 Å². The van der Waals surface area contributed by atoms with Crippen molar-refractivity contribution in [2.24, 2.45) is 11.1 Å². The molecule has 3 nitrogen and oxygen atoms in total. The quantitative estimate of drug-likeness (QED) is 0.857. The molecule has 1 rings (SSSR count). The van der Waals surface area contributed by atoms with Gasteiger partial charge in [-0.25, -0.2) is 0 Å². The van der Waals surface area contributed by atoms with Crippen LogP contribution in [0.3, 0.4) is 0 Å². The Morgan fingerprint density at radius 2 is 1.74 bits per heavy atom. The summed E-state index contributed by atoms with van der Waals surface area (Å²) in [7, 11) is 0. The van der Waals surface area contributed by atoms with Gasteiger partial charge < -0.3 is 11.1 Å². The van der Waals surface area contributed by atoms with Crippen molar-refractivity contribution in [1.29, 1.82) is 0 Å². The number of hydrogen-bond donors (Lipinski definition) is 2. The highest BCUT2D eigenvalue weighted by Gasteiger charge is 2.20. The van der Waals surface area contributed by atoms with Crippen LogP contribution in [-0.4, -0.2) is 12.5 Å². The zero-order valence-corrected chi connectivity index (χ0v) is 12.8. The highest BCUT2D eigenvalue weighted by atomic mass is 16.1. The number of nitrogens with one attached hydrogen (secondary N) is 1. The van der Waals surface area contributed by atoms with E-state index in [2.05, 4.69) is 38.2 Å². The Kier molecular flexibility index (Phi) is 5.12. The Hall–Kier alpha value is -1.35. The standard InChI is InChI=1S/C16H26N2O/c1-11-6-12(2)14(13(3)7-11)9-18-15(19)8-16(4,5)10-17/h6-7H,8-10,17H2,1-5H3,(H,18,19). The number of nitrogens with two attached hydrogens (primary N) is 1. The molecule has 1 amide bonds. The fourth-order valence-corrected chi connectivity index (χ4v) is 2.25. The van der Waals surface area contributed by atoms with Gasteiger partial charge in [0, 0.05) is 13.0 Å². The van der Waals surface area contributed by atoms with E-state index in [9.17, 15) is 4.79 Å². The second-order valence-corrected chi connectivity index (χ2v) is 6.20. The fourth-order valence-electron chi connectivity index (χ4n) is 2.25. The van der Waals surface area contributed by atoms with Crippen molar-refractivity contribution < 1.29 is 4.79 Å². The average molecular weight is 262 g/mol. The minimum Gasteiger partial charge on any atom is -0.352 e. The first-order valence-corrected chi connectivity index (χ1v) is 6.78. The van der Waals surface area contributed by atoms with Gasteiger partial charge in [-0.1, -0.05) is 31.5 Å². The molecule has 3 heteroatoms. The fraction of sp³-hybridized carbons (Fsp3) is 0.562. The van der Waals surface area contributed by atoms with Gasteiger partial charge in [-0.05, 0) is 49.4 Å². The lowest BCUT2D eigenvalue weighted by Gasteiger charge is -2.21. The maximum Gasteiger partial charge on any atom is 0.220 e. The van der Waals surface area contributed by atoms with E-state index >= 15 is 0 Å². The summed E-state index contributed by atoms with van der Waals surface area (Å²) in [6, 6.07) is 4.30. The monoisotopic (exact) mass is 262 g/mol. The molecule has 0 spiro atoms. The molecule has 106 valence electrons. The zero-order chi connectivity index (χ0) is 14.6. The normalized spacial score (nSPS) is 11.5. The van der Waals surface area contributed by atoms with Crippen LogP contribution >= 0.6 is 0 Å². The van der Waals surface area contributed by atoms with Crippen LogP contribution < -0.4 is 11.1 Å². The zero-order valence-electron chi connectivity index (χ0n) is 12.8. The van der Waals surface area contributed by atoms with Crippen molar-refractivity contribution >= 4 is 5.91 Å². The molecule has 0 aromatic heterocycles. The first-order chi connectivity index (χ1) is 8.75. The SMILES string of the molecule is Cc1cc(C)c(CNC(=O)CC(C)(C)CN)c(C)c1. The van der Waals surface area contributed by atoms with Gasteiger partial charge in [-0.15, -0.1) is 0 Å². The number of carbonyl (C=O) groups excluding carboxylic acids is 1. The molecule has 0 aliphatic rings. The van der Waals surface area contributed by atoms with Crippen molar-refractivity contribution in [2.45, 2.75) is 47.6 Å². The number of benzene rings is 1. The molecule has 0 atom stereocenters. The van der Waals surface area contributed by atoms with E-state index in [1.165, 1.54) is 22.3 Å². The van der Waals surface area contributed by atoms with E-state index < -0.39 is 0 Å². The second-order valence-electron chi connectivity index (χ2n) is 6.20. The molecule has 0 radical (unpaired) electrons. The molecule has 0 aliphatic heterocycles. The van der Waals surface area contributed by atoms with Crippen molar-refractivity contribution in [3.8, 4) is 0 Å². The van der Waals surface area contributed by atoms with E-state index in [0.717, 1.165) is 0 Å². The Labute approximate surface area is 116 Å². The van der Waals surface area contributed by atoms with Crippen LogP contribution in [0.25, 0.3) is 0 Å². The lowest BCUT2D eigenvalue weighted by atomic mass is 9.89. The Bertz CT molecular complexity index is 441. The van der Waals surface area contributed by atoms with Gasteiger partial charge in [0.05, 0.1) is 0 Å². The third-order valence-corrected chi connectivity index (χ3v) is 3.49. The molecule has 0 aliphatic carbocycles. The van der Waals surface area contributed by atoms with Gasteiger partial charge in [-0.3, -0.25) is 4.79 Å². The smallest absolute Gasteiger partial charge is 0.220 e. The van der Waals surface area contributed by atoms with Gasteiger partial charge in [-0.2, -0.15) is 0 Å². The summed E-state index contributed by atoms with van der Waals surface area (Å²) >= 11 is 0. The summed E-state index contributed by atoms with van der Waals surface area (Å²) in [5, 5.41) is 3.00. The van der Waals surface area contributed by atoms with E-state index in [1.807, 2.05) is 13.8 Å². The summed E-state index contributed by atoms with van der Waals surface area (Å²) in [5.74, 6) is 0.0647. The summed E-state index contributed by atoms with van der Waals surface area (Å²) < 4.78 is 0. The van der Waals surface area contributed by atoms with Gasteiger partial charge in [0.1, 0.15) is 0 Å². The van der Waals surface area contributed by atoms with Crippen LogP contribution in [0.1, 0.15) is 42.5 Å². The molecule has 0 heterocycles. The first kappa shape index (κ1) is 15.7. The van der Waals surface area contributed by atoms with Gasteiger partial charge in [0.15, 0.2) is 0 Å². The van der Waals surface area contributed by atoms with Crippen molar-refractivity contribution in [1.82, 2.24) is 5.32 Å². The van der Waals surface area contributed by atoms with Crippen LogP contribution in [0.15, 0.2) is 12.1 Å². The second kappa shape index (κ2) is 6.20. The Morgan fingerprint density at radius 1 is 1.21 bits per heavy atom. The molecular weight excluding hydrogens is 236 g/mol. The molecule has 0 saturated carbocycles. The molecule has 3 N–H and O–H groups in total. The van der Waals surface area contributed by atoms with Crippen LogP contribution in [0.4, 0.5) is 0 Å². The maximum atomic E-state index is 11.9. The third-order valence-electron chi connectivity index (χ3n) is 3.49. The lowest BCUT2D eigenvalue weighted by molar-refractivity contribution is -0.123.